The van der Waals surface area contributed by atoms with E-state index < -0.39 is 0 Å². The monoisotopic (exact) mass is 70.1 g/mol. The molecule has 0 aliphatic carbocycles. The van der Waals surface area contributed by atoms with E-state index in [9.17, 15) is 0 Å². The van der Waals surface area contributed by atoms with Crippen LogP contribution in [0.25, 0.3) is 0 Å². The fraction of sp³-hybridized carbons (Fsp3) is 0.500. The Kier molecular flexibility index (Phi) is 0.484. The van der Waals surface area contributed by atoms with Crippen LogP contribution in [0.5, 0.6) is 0 Å². The maximum atomic E-state index is 6.93. The molecule has 1 heteroatoms. The zero-order chi connectivity index (χ0) is 4.41. The Bertz CT molecular complexity index is 69.9. The van der Waals surface area contributed by atoms with Crippen LogP contribution in [0, 0.1) is 0 Å². The lowest BCUT2D eigenvalue weighted by Gasteiger charge is -1.77. The summed E-state index contributed by atoms with van der Waals surface area (Å²) in [6, 6.07) is 0. The molecular weight excluding hydrogens is 62.1 g/mol. The van der Waals surface area contributed by atoms with Gasteiger partial charge in [-0.1, -0.05) is 12.2 Å². The number of hydrogen-bond donors (Lipinski definition) is 1. The molecule has 0 aromatic carbocycles. The maximum absolute atomic E-state index is 6.93. The number of hydrogen-bond acceptors (Lipinski definition) is 1. The summed E-state index contributed by atoms with van der Waals surface area (Å²) in [7, 11) is 0. The van der Waals surface area contributed by atoms with E-state index in [0.717, 1.165) is 6.54 Å². The van der Waals surface area contributed by atoms with Crippen LogP contribution in [0.15, 0.2) is 12.2 Å². The largest absolute Gasteiger partial charge is 0.310 e. The van der Waals surface area contributed by atoms with Crippen LogP contribution in [0.3, 0.4) is 0 Å². The van der Waals surface area contributed by atoms with Crippen molar-refractivity contribution in [1.29, 1.82) is 0 Å². The highest BCUT2D eigenvalue weighted by atomic mass is 14.9. The van der Waals surface area contributed by atoms with Gasteiger partial charge in [-0.05, 0) is 0 Å². The lowest BCUT2D eigenvalue weighted by molar-refractivity contribution is 0.892. The fourth-order valence-corrected chi connectivity index (χ4v) is 0.340. The van der Waals surface area contributed by atoms with Gasteiger partial charge in [0.1, 0.15) is 0 Å². The van der Waals surface area contributed by atoms with Crippen molar-refractivity contribution >= 4 is 0 Å². The van der Waals surface area contributed by atoms with Crippen LogP contribution < -0.4 is 5.32 Å². The summed E-state index contributed by atoms with van der Waals surface area (Å²) >= 11 is 0. The minimum atomic E-state index is -0.134. The van der Waals surface area contributed by atoms with Crippen molar-refractivity contribution in [1.82, 2.24) is 5.32 Å². The molecule has 1 aliphatic rings. The zero-order valence-corrected chi connectivity index (χ0v) is 2.94. The van der Waals surface area contributed by atoms with E-state index in [1.807, 2.05) is 12.2 Å². The summed E-state index contributed by atoms with van der Waals surface area (Å²) in [5.41, 5.74) is 0. The Morgan fingerprint density at radius 2 is 2.80 bits per heavy atom. The molecule has 1 aliphatic heterocycles. The summed E-state index contributed by atoms with van der Waals surface area (Å²) in [5.74, 6) is 0. The van der Waals surface area contributed by atoms with Crippen LogP contribution in [-0.4, -0.2) is 13.1 Å². The van der Waals surface area contributed by atoms with Gasteiger partial charge >= 0.3 is 0 Å². The van der Waals surface area contributed by atoms with Crippen molar-refractivity contribution in [2.24, 2.45) is 0 Å². The summed E-state index contributed by atoms with van der Waals surface area (Å²) in [5, 5.41) is 2.88. The quantitative estimate of drug-likeness (QED) is 0.400. The molecule has 0 aromatic rings. The summed E-state index contributed by atoms with van der Waals surface area (Å²) in [6.45, 7) is 0.735. The SMILES string of the molecule is [2H]C1C=CCN1. The molecule has 0 amide bonds. The van der Waals surface area contributed by atoms with Crippen LogP contribution in [0.2, 0.25) is 0 Å². The lowest BCUT2D eigenvalue weighted by atomic mass is 10.6. The number of rotatable bonds is 0. The van der Waals surface area contributed by atoms with Gasteiger partial charge in [0.2, 0.25) is 0 Å². The van der Waals surface area contributed by atoms with Crippen molar-refractivity contribution < 1.29 is 1.37 Å². The summed E-state index contributed by atoms with van der Waals surface area (Å²) in [6.07, 6.45) is 3.79. The molecule has 1 unspecified atom stereocenters. The summed E-state index contributed by atoms with van der Waals surface area (Å²) < 4.78 is 6.93. The lowest BCUT2D eigenvalue weighted by Crippen LogP contribution is -2.04. The van der Waals surface area contributed by atoms with Gasteiger partial charge in [0.25, 0.3) is 0 Å². The van der Waals surface area contributed by atoms with Gasteiger partial charge in [0.15, 0.2) is 0 Å². The van der Waals surface area contributed by atoms with Gasteiger partial charge in [-0.25, -0.2) is 0 Å². The first-order valence-electron chi connectivity index (χ1n) is 2.29. The Labute approximate surface area is 33.1 Å². The third kappa shape index (κ3) is 0.484. The standard InChI is InChI=1S/C4H7N/c1-2-4-5-3-1/h1-2,5H,3-4H2/i3D. The molecule has 0 radical (unpaired) electrons. The first-order valence-corrected chi connectivity index (χ1v) is 1.72. The maximum Gasteiger partial charge on any atom is 0.0473 e. The van der Waals surface area contributed by atoms with E-state index in [1.54, 1.807) is 0 Å². The predicted molar refractivity (Wildman–Crippen MR) is 22.0 cm³/mol. The van der Waals surface area contributed by atoms with Crippen LogP contribution in [-0.2, 0) is 0 Å². The molecular formula is C4H7N. The Hall–Kier alpha value is -0.300. The second-order valence-corrected chi connectivity index (χ2v) is 1.00. The minimum Gasteiger partial charge on any atom is -0.310 e. The molecule has 5 heavy (non-hydrogen) atoms. The fourth-order valence-electron chi connectivity index (χ4n) is 0.340. The smallest absolute Gasteiger partial charge is 0.0473 e. The Morgan fingerprint density at radius 3 is 3.00 bits per heavy atom. The topological polar surface area (TPSA) is 12.0 Å². The second-order valence-electron chi connectivity index (χ2n) is 1.00. The van der Waals surface area contributed by atoms with Gasteiger partial charge in [-0.3, -0.25) is 0 Å². The third-order valence-electron chi connectivity index (χ3n) is 0.586. The molecule has 1 atom stereocenters. The van der Waals surface area contributed by atoms with E-state index in [2.05, 4.69) is 5.32 Å². The van der Waals surface area contributed by atoms with Crippen molar-refractivity contribution in [3.63, 3.8) is 0 Å². The first kappa shape index (κ1) is 1.98. The Morgan fingerprint density at radius 1 is 1.80 bits per heavy atom. The molecule has 0 saturated heterocycles. The highest BCUT2D eigenvalue weighted by molar-refractivity contribution is 4.92. The van der Waals surface area contributed by atoms with Crippen LogP contribution in [0.4, 0.5) is 0 Å². The molecule has 0 spiro atoms. The average molecular weight is 70.1 g/mol. The van der Waals surface area contributed by atoms with Gasteiger partial charge in [-0.2, -0.15) is 0 Å². The Balaban J connectivity index is 2.38. The second kappa shape index (κ2) is 1.22. The van der Waals surface area contributed by atoms with Gasteiger partial charge in [0, 0.05) is 14.4 Å². The molecule has 1 nitrogen and oxygen atoms in total. The highest BCUT2D eigenvalue weighted by Crippen LogP contribution is 1.75. The van der Waals surface area contributed by atoms with E-state index in [1.165, 1.54) is 0 Å². The van der Waals surface area contributed by atoms with E-state index >= 15 is 0 Å². The number of nitrogens with one attached hydrogen (secondary N) is 1. The van der Waals surface area contributed by atoms with Crippen molar-refractivity contribution in [2.75, 3.05) is 13.1 Å². The van der Waals surface area contributed by atoms with E-state index in [4.69, 9.17) is 1.37 Å². The molecule has 1 N–H and O–H groups in total. The van der Waals surface area contributed by atoms with Crippen molar-refractivity contribution in [3.05, 3.63) is 12.2 Å². The molecule has 1 rings (SSSR count). The normalized spacial score (nSPS) is 38.4. The van der Waals surface area contributed by atoms with Crippen LogP contribution in [0.1, 0.15) is 1.37 Å². The predicted octanol–water partition coefficient (Wildman–Crippen LogP) is 0.146. The van der Waals surface area contributed by atoms with E-state index in [0.29, 0.717) is 0 Å². The molecule has 0 bridgehead atoms. The van der Waals surface area contributed by atoms with Crippen molar-refractivity contribution in [3.8, 4) is 0 Å². The third-order valence-corrected chi connectivity index (χ3v) is 0.586. The first-order chi connectivity index (χ1) is 2.89. The molecule has 0 aromatic heterocycles. The molecule has 0 saturated carbocycles. The summed E-state index contributed by atoms with van der Waals surface area (Å²) in [4.78, 5) is 0. The highest BCUT2D eigenvalue weighted by Gasteiger charge is 1.81. The molecule has 0 fully saturated rings. The van der Waals surface area contributed by atoms with Crippen LogP contribution >= 0.6 is 0 Å². The zero-order valence-electron chi connectivity index (χ0n) is 3.94. The molecule has 28 valence electrons. The average Bonchev–Trinajstić information content (AvgIpc) is 1.86. The van der Waals surface area contributed by atoms with E-state index in [-0.39, 0.29) is 6.52 Å². The van der Waals surface area contributed by atoms with Crippen molar-refractivity contribution in [2.45, 2.75) is 0 Å². The van der Waals surface area contributed by atoms with Gasteiger partial charge in [-0.15, -0.1) is 0 Å². The van der Waals surface area contributed by atoms with Gasteiger partial charge < -0.3 is 5.32 Å². The van der Waals surface area contributed by atoms with Gasteiger partial charge in [0.05, 0.1) is 0 Å². The minimum absolute atomic E-state index is 0.134. The molecule has 1 heterocycles.